The molecule has 2 aliphatic rings. The lowest BCUT2D eigenvalue weighted by molar-refractivity contribution is -0.108. The zero-order valence-corrected chi connectivity index (χ0v) is 17.2. The van der Waals surface area contributed by atoms with Gasteiger partial charge in [-0.15, -0.1) is 0 Å². The minimum Gasteiger partial charge on any atom is -0.383 e. The molecule has 0 spiro atoms. The first kappa shape index (κ1) is 19.8. The van der Waals surface area contributed by atoms with E-state index in [2.05, 4.69) is 38.9 Å². The third-order valence-electron chi connectivity index (χ3n) is 6.29. The second-order valence-corrected chi connectivity index (χ2v) is 8.50. The molecule has 0 bridgehead atoms. The standard InChI is InChI=1S/C22H29ClN4O/c1-25-11-13-27(14-12-25)21-17-26(16-18-7-9-24-15-20(18)23)10-8-22(21,28)19-5-3-2-4-6-19/h2-7,9,15,21,28H,8,10-14,16-17H2,1H3/t21-,22+/m1/s1. The number of likely N-dealkylation sites (tertiary alicyclic amines) is 1. The molecule has 0 unspecified atom stereocenters. The number of piperazine rings is 1. The minimum absolute atomic E-state index is 0.0676. The predicted molar refractivity (Wildman–Crippen MR) is 112 cm³/mol. The Hall–Kier alpha value is -1.50. The van der Waals surface area contributed by atoms with Crippen molar-refractivity contribution in [3.63, 3.8) is 0 Å². The van der Waals surface area contributed by atoms with Gasteiger partial charge in [0.15, 0.2) is 0 Å². The van der Waals surface area contributed by atoms with Crippen LogP contribution in [-0.2, 0) is 12.1 Å². The summed E-state index contributed by atoms with van der Waals surface area (Å²) in [4.78, 5) is 11.3. The number of benzene rings is 1. The van der Waals surface area contributed by atoms with E-state index in [4.69, 9.17) is 11.6 Å². The number of aliphatic hydroxyl groups is 1. The average molecular weight is 401 g/mol. The Kier molecular flexibility index (Phi) is 5.99. The molecule has 0 radical (unpaired) electrons. The molecule has 0 amide bonds. The zero-order valence-electron chi connectivity index (χ0n) is 16.5. The van der Waals surface area contributed by atoms with Crippen LogP contribution < -0.4 is 0 Å². The maximum atomic E-state index is 11.8. The summed E-state index contributed by atoms with van der Waals surface area (Å²) in [6.45, 7) is 6.51. The summed E-state index contributed by atoms with van der Waals surface area (Å²) in [5.41, 5.74) is 1.30. The predicted octanol–water partition coefficient (Wildman–Crippen LogP) is 2.44. The largest absolute Gasteiger partial charge is 0.383 e. The molecule has 6 heteroatoms. The van der Waals surface area contributed by atoms with Crippen molar-refractivity contribution in [3.05, 3.63) is 64.9 Å². The lowest BCUT2D eigenvalue weighted by atomic mass is 9.79. The summed E-state index contributed by atoms with van der Waals surface area (Å²) in [5.74, 6) is 0. The van der Waals surface area contributed by atoms with Crippen LogP contribution in [0.5, 0.6) is 0 Å². The summed E-state index contributed by atoms with van der Waals surface area (Å²) < 4.78 is 0. The van der Waals surface area contributed by atoms with Gasteiger partial charge in [0.2, 0.25) is 0 Å². The fourth-order valence-electron chi connectivity index (χ4n) is 4.51. The van der Waals surface area contributed by atoms with Gasteiger partial charge < -0.3 is 10.0 Å². The second-order valence-electron chi connectivity index (χ2n) is 8.10. The van der Waals surface area contributed by atoms with Crippen molar-refractivity contribution in [1.82, 2.24) is 19.7 Å². The van der Waals surface area contributed by atoms with Crippen LogP contribution in [0.1, 0.15) is 17.5 Å². The Morgan fingerprint density at radius 2 is 1.86 bits per heavy atom. The molecule has 0 saturated carbocycles. The average Bonchev–Trinajstić information content (AvgIpc) is 2.72. The molecule has 2 atom stereocenters. The van der Waals surface area contributed by atoms with Gasteiger partial charge in [0.25, 0.3) is 0 Å². The highest BCUT2D eigenvalue weighted by Crippen LogP contribution is 2.37. The van der Waals surface area contributed by atoms with Gasteiger partial charge in [-0.1, -0.05) is 41.9 Å². The fraction of sp³-hybridized carbons (Fsp3) is 0.500. The Morgan fingerprint density at radius 1 is 1.11 bits per heavy atom. The highest BCUT2D eigenvalue weighted by molar-refractivity contribution is 6.31. The molecule has 4 rings (SSSR count). The number of piperidine rings is 1. The molecule has 2 aromatic rings. The van der Waals surface area contributed by atoms with E-state index in [0.717, 1.165) is 63.4 Å². The van der Waals surface area contributed by atoms with Gasteiger partial charge in [-0.3, -0.25) is 14.8 Å². The van der Waals surface area contributed by atoms with E-state index in [1.165, 1.54) is 0 Å². The molecule has 2 saturated heterocycles. The maximum Gasteiger partial charge on any atom is 0.108 e. The normalized spacial score (nSPS) is 27.8. The van der Waals surface area contributed by atoms with Crippen LogP contribution in [0.4, 0.5) is 0 Å². The summed E-state index contributed by atoms with van der Waals surface area (Å²) >= 11 is 6.34. The van der Waals surface area contributed by atoms with Gasteiger partial charge in [-0.2, -0.15) is 0 Å². The van der Waals surface area contributed by atoms with Gasteiger partial charge in [-0.25, -0.2) is 0 Å². The highest BCUT2D eigenvalue weighted by atomic mass is 35.5. The first-order valence-corrected chi connectivity index (χ1v) is 10.5. The van der Waals surface area contributed by atoms with Crippen LogP contribution in [0, 0.1) is 0 Å². The lowest BCUT2D eigenvalue weighted by Gasteiger charge is -2.51. The second kappa shape index (κ2) is 8.47. The number of hydrogen-bond donors (Lipinski definition) is 1. The SMILES string of the molecule is CN1CCN([C@@H]2CN(Cc3ccncc3Cl)CC[C@]2(O)c2ccccc2)CC1. The van der Waals surface area contributed by atoms with Crippen molar-refractivity contribution in [2.45, 2.75) is 24.6 Å². The molecule has 3 heterocycles. The summed E-state index contributed by atoms with van der Waals surface area (Å²) in [6.07, 6.45) is 4.22. The minimum atomic E-state index is -0.824. The number of halogens is 1. The summed E-state index contributed by atoms with van der Waals surface area (Å²) in [6, 6.07) is 12.3. The van der Waals surface area contributed by atoms with E-state index in [9.17, 15) is 5.11 Å². The topological polar surface area (TPSA) is 42.8 Å². The number of rotatable bonds is 4. The van der Waals surface area contributed by atoms with E-state index < -0.39 is 5.60 Å². The molecule has 1 aromatic heterocycles. The Balaban J connectivity index is 1.58. The van der Waals surface area contributed by atoms with Crippen LogP contribution in [-0.4, -0.2) is 77.1 Å². The summed E-state index contributed by atoms with van der Waals surface area (Å²) in [5, 5.41) is 12.6. The third-order valence-corrected chi connectivity index (χ3v) is 6.63. The van der Waals surface area contributed by atoms with Crippen molar-refractivity contribution >= 4 is 11.6 Å². The van der Waals surface area contributed by atoms with Crippen LogP contribution in [0.3, 0.4) is 0 Å². The van der Waals surface area contributed by atoms with Gasteiger partial charge >= 0.3 is 0 Å². The fourth-order valence-corrected chi connectivity index (χ4v) is 4.69. The molecule has 0 aliphatic carbocycles. The summed E-state index contributed by atoms with van der Waals surface area (Å²) in [7, 11) is 2.17. The van der Waals surface area contributed by atoms with E-state index in [1.54, 1.807) is 12.4 Å². The quantitative estimate of drug-likeness (QED) is 0.853. The molecule has 28 heavy (non-hydrogen) atoms. The number of likely N-dealkylation sites (N-methyl/N-ethyl adjacent to an activating group) is 1. The van der Waals surface area contributed by atoms with E-state index in [0.29, 0.717) is 5.02 Å². The Labute approximate surface area is 172 Å². The first-order valence-electron chi connectivity index (χ1n) is 10.1. The van der Waals surface area contributed by atoms with Crippen molar-refractivity contribution in [2.75, 3.05) is 46.3 Å². The Morgan fingerprint density at radius 3 is 2.57 bits per heavy atom. The van der Waals surface area contributed by atoms with Crippen molar-refractivity contribution in [3.8, 4) is 0 Å². The maximum absolute atomic E-state index is 11.8. The highest BCUT2D eigenvalue weighted by Gasteiger charge is 2.46. The molecule has 1 N–H and O–H groups in total. The molecule has 1 aromatic carbocycles. The van der Waals surface area contributed by atoms with Gasteiger partial charge in [0.05, 0.1) is 11.1 Å². The first-order chi connectivity index (χ1) is 13.6. The van der Waals surface area contributed by atoms with E-state index in [-0.39, 0.29) is 6.04 Å². The molecule has 2 fully saturated rings. The monoisotopic (exact) mass is 400 g/mol. The molecular formula is C22H29ClN4O. The van der Waals surface area contributed by atoms with Crippen LogP contribution in [0.25, 0.3) is 0 Å². The number of pyridine rings is 1. The number of hydrogen-bond acceptors (Lipinski definition) is 5. The van der Waals surface area contributed by atoms with Crippen molar-refractivity contribution in [1.29, 1.82) is 0 Å². The smallest absolute Gasteiger partial charge is 0.108 e. The van der Waals surface area contributed by atoms with E-state index >= 15 is 0 Å². The number of nitrogens with zero attached hydrogens (tertiary/aromatic N) is 4. The van der Waals surface area contributed by atoms with Gasteiger partial charge in [-0.05, 0) is 30.7 Å². The van der Waals surface area contributed by atoms with E-state index in [1.807, 2.05) is 24.3 Å². The lowest BCUT2D eigenvalue weighted by Crippen LogP contribution is -2.63. The van der Waals surface area contributed by atoms with Crippen LogP contribution in [0.2, 0.25) is 5.02 Å². The van der Waals surface area contributed by atoms with Crippen LogP contribution >= 0.6 is 11.6 Å². The van der Waals surface area contributed by atoms with Crippen molar-refractivity contribution < 1.29 is 5.11 Å². The molecule has 150 valence electrons. The molecule has 5 nitrogen and oxygen atoms in total. The van der Waals surface area contributed by atoms with Crippen LogP contribution in [0.15, 0.2) is 48.8 Å². The molecule has 2 aliphatic heterocycles. The van der Waals surface area contributed by atoms with Crippen molar-refractivity contribution in [2.24, 2.45) is 0 Å². The molecular weight excluding hydrogens is 372 g/mol. The van der Waals surface area contributed by atoms with Gasteiger partial charge in [0, 0.05) is 58.2 Å². The van der Waals surface area contributed by atoms with Gasteiger partial charge in [0.1, 0.15) is 5.60 Å². The third kappa shape index (κ3) is 4.09. The Bertz CT molecular complexity index is 781. The number of aromatic nitrogens is 1. The zero-order chi connectivity index (χ0) is 19.6.